The molecule has 0 aliphatic heterocycles. The van der Waals surface area contributed by atoms with Crippen LogP contribution in [-0.2, 0) is 13.5 Å². The Morgan fingerprint density at radius 3 is 2.24 bits per heavy atom. The minimum Gasteiger partial charge on any atom is -0.496 e. The third kappa shape index (κ3) is 3.28. The Balaban J connectivity index is 2.32. The van der Waals surface area contributed by atoms with Crippen molar-refractivity contribution >= 4 is 0 Å². The number of ether oxygens (including phenoxy) is 3. The van der Waals surface area contributed by atoms with Gasteiger partial charge in [0.05, 0.1) is 27.5 Å². The molecule has 0 amide bonds. The summed E-state index contributed by atoms with van der Waals surface area (Å²) in [6.07, 6.45) is 4.43. The van der Waals surface area contributed by atoms with Crippen LogP contribution in [0.25, 0.3) is 0 Å². The number of hydrogen-bond acceptors (Lipinski definition) is 5. The largest absolute Gasteiger partial charge is 0.496 e. The fraction of sp³-hybridized carbons (Fsp3) is 0.400. The number of aryl methyl sites for hydroxylation is 1. The van der Waals surface area contributed by atoms with E-state index in [0.717, 1.165) is 11.1 Å². The summed E-state index contributed by atoms with van der Waals surface area (Å²) in [5.74, 6) is 1.94. The van der Waals surface area contributed by atoms with Gasteiger partial charge >= 0.3 is 0 Å². The molecule has 6 nitrogen and oxygen atoms in total. The van der Waals surface area contributed by atoms with Crippen LogP contribution in [-0.4, -0.2) is 31.1 Å². The zero-order valence-electron chi connectivity index (χ0n) is 12.8. The highest BCUT2D eigenvalue weighted by atomic mass is 16.5. The SMILES string of the molecule is COc1cc(OC)c(C(N)Cc2cnn(C)c2)cc1OC. The van der Waals surface area contributed by atoms with E-state index >= 15 is 0 Å². The van der Waals surface area contributed by atoms with Crippen molar-refractivity contribution in [1.29, 1.82) is 0 Å². The zero-order valence-corrected chi connectivity index (χ0v) is 12.8. The van der Waals surface area contributed by atoms with Crippen LogP contribution >= 0.6 is 0 Å². The van der Waals surface area contributed by atoms with Crippen molar-refractivity contribution in [2.24, 2.45) is 12.8 Å². The topological polar surface area (TPSA) is 71.5 Å². The van der Waals surface area contributed by atoms with Gasteiger partial charge in [0.1, 0.15) is 5.75 Å². The van der Waals surface area contributed by atoms with Gasteiger partial charge in [-0.05, 0) is 18.1 Å². The van der Waals surface area contributed by atoms with Crippen LogP contribution in [0, 0.1) is 0 Å². The maximum absolute atomic E-state index is 6.31. The van der Waals surface area contributed by atoms with Crippen molar-refractivity contribution < 1.29 is 14.2 Å². The molecule has 0 aliphatic carbocycles. The molecular formula is C15H21N3O3. The van der Waals surface area contributed by atoms with Crippen molar-refractivity contribution in [2.75, 3.05) is 21.3 Å². The number of rotatable bonds is 6. The zero-order chi connectivity index (χ0) is 15.4. The molecule has 0 fully saturated rings. The number of hydrogen-bond donors (Lipinski definition) is 1. The summed E-state index contributed by atoms with van der Waals surface area (Å²) in [6.45, 7) is 0. The lowest BCUT2D eigenvalue weighted by Gasteiger charge is -2.18. The minimum absolute atomic E-state index is 0.219. The Labute approximate surface area is 124 Å². The van der Waals surface area contributed by atoms with Crippen LogP contribution in [0.2, 0.25) is 0 Å². The summed E-state index contributed by atoms with van der Waals surface area (Å²) in [5.41, 5.74) is 8.26. The summed E-state index contributed by atoms with van der Waals surface area (Å²) in [6, 6.07) is 3.43. The summed E-state index contributed by atoms with van der Waals surface area (Å²) in [7, 11) is 6.68. The van der Waals surface area contributed by atoms with E-state index in [4.69, 9.17) is 19.9 Å². The van der Waals surface area contributed by atoms with Crippen LogP contribution in [0.1, 0.15) is 17.2 Å². The van der Waals surface area contributed by atoms with Gasteiger partial charge in [0.25, 0.3) is 0 Å². The Hall–Kier alpha value is -2.21. The van der Waals surface area contributed by atoms with Crippen molar-refractivity contribution in [3.63, 3.8) is 0 Å². The quantitative estimate of drug-likeness (QED) is 0.877. The van der Waals surface area contributed by atoms with E-state index in [1.165, 1.54) is 0 Å². The Morgan fingerprint density at radius 1 is 1.10 bits per heavy atom. The van der Waals surface area contributed by atoms with E-state index in [1.807, 2.05) is 25.5 Å². The van der Waals surface area contributed by atoms with Crippen LogP contribution in [0.4, 0.5) is 0 Å². The van der Waals surface area contributed by atoms with Gasteiger partial charge < -0.3 is 19.9 Å². The Bertz CT molecular complexity index is 610. The number of nitrogens with two attached hydrogens (primary N) is 1. The first kappa shape index (κ1) is 15.2. The van der Waals surface area contributed by atoms with Gasteiger partial charge in [-0.1, -0.05) is 0 Å². The molecule has 1 aromatic heterocycles. The van der Waals surface area contributed by atoms with E-state index in [0.29, 0.717) is 23.7 Å². The van der Waals surface area contributed by atoms with Gasteiger partial charge in [-0.25, -0.2) is 0 Å². The highest BCUT2D eigenvalue weighted by Gasteiger charge is 2.18. The maximum atomic E-state index is 6.31. The molecule has 0 saturated heterocycles. The normalized spacial score (nSPS) is 12.0. The predicted molar refractivity (Wildman–Crippen MR) is 79.9 cm³/mol. The average Bonchev–Trinajstić information content (AvgIpc) is 2.90. The highest BCUT2D eigenvalue weighted by Crippen LogP contribution is 2.37. The van der Waals surface area contributed by atoms with Crippen molar-refractivity contribution in [1.82, 2.24) is 9.78 Å². The first-order valence-corrected chi connectivity index (χ1v) is 6.62. The lowest BCUT2D eigenvalue weighted by atomic mass is 10.00. The van der Waals surface area contributed by atoms with Crippen LogP contribution in [0.5, 0.6) is 17.2 Å². The van der Waals surface area contributed by atoms with Gasteiger partial charge in [-0.15, -0.1) is 0 Å². The van der Waals surface area contributed by atoms with E-state index < -0.39 is 0 Å². The molecule has 1 aromatic carbocycles. The molecule has 0 bridgehead atoms. The first-order valence-electron chi connectivity index (χ1n) is 6.62. The third-order valence-electron chi connectivity index (χ3n) is 3.35. The molecule has 0 aliphatic rings. The van der Waals surface area contributed by atoms with E-state index in [1.54, 1.807) is 32.1 Å². The summed E-state index contributed by atoms with van der Waals surface area (Å²) < 4.78 is 17.8. The molecule has 21 heavy (non-hydrogen) atoms. The van der Waals surface area contributed by atoms with Gasteiger partial charge in [-0.3, -0.25) is 4.68 Å². The van der Waals surface area contributed by atoms with Crippen LogP contribution in [0.15, 0.2) is 24.5 Å². The molecule has 1 heterocycles. The fourth-order valence-electron chi connectivity index (χ4n) is 2.28. The number of aromatic nitrogens is 2. The number of methoxy groups -OCH3 is 3. The molecule has 2 aromatic rings. The number of nitrogens with zero attached hydrogens (tertiary/aromatic N) is 2. The second-order valence-corrected chi connectivity index (χ2v) is 4.78. The molecule has 6 heteroatoms. The molecule has 1 atom stereocenters. The summed E-state index contributed by atoms with van der Waals surface area (Å²) >= 11 is 0. The summed E-state index contributed by atoms with van der Waals surface area (Å²) in [4.78, 5) is 0. The second-order valence-electron chi connectivity index (χ2n) is 4.78. The van der Waals surface area contributed by atoms with E-state index in [-0.39, 0.29) is 6.04 Å². The molecule has 2 rings (SSSR count). The summed E-state index contributed by atoms with van der Waals surface area (Å²) in [5, 5.41) is 4.15. The molecule has 1 unspecified atom stereocenters. The van der Waals surface area contributed by atoms with Gasteiger partial charge in [0.15, 0.2) is 11.5 Å². The van der Waals surface area contributed by atoms with Crippen molar-refractivity contribution in [2.45, 2.75) is 12.5 Å². The van der Waals surface area contributed by atoms with Crippen LogP contribution in [0.3, 0.4) is 0 Å². The molecule has 114 valence electrons. The standard InChI is InChI=1S/C15H21N3O3/c1-18-9-10(8-17-18)5-12(16)11-6-14(20-3)15(21-4)7-13(11)19-2/h6-9,12H,5,16H2,1-4H3. The first-order chi connectivity index (χ1) is 10.1. The molecule has 2 N–H and O–H groups in total. The van der Waals surface area contributed by atoms with E-state index in [9.17, 15) is 0 Å². The monoisotopic (exact) mass is 291 g/mol. The highest BCUT2D eigenvalue weighted by molar-refractivity contribution is 5.52. The van der Waals surface area contributed by atoms with Gasteiger partial charge in [0, 0.05) is 30.9 Å². The van der Waals surface area contributed by atoms with Gasteiger partial charge in [0.2, 0.25) is 0 Å². The van der Waals surface area contributed by atoms with E-state index in [2.05, 4.69) is 5.10 Å². The van der Waals surface area contributed by atoms with Crippen LogP contribution < -0.4 is 19.9 Å². The minimum atomic E-state index is -0.219. The molecule has 0 spiro atoms. The fourth-order valence-corrected chi connectivity index (χ4v) is 2.28. The van der Waals surface area contributed by atoms with Crippen molar-refractivity contribution in [3.05, 3.63) is 35.7 Å². The third-order valence-corrected chi connectivity index (χ3v) is 3.35. The number of benzene rings is 1. The predicted octanol–water partition coefficient (Wildman–Crippen LogP) is 1.69. The lowest BCUT2D eigenvalue weighted by molar-refractivity contribution is 0.346. The van der Waals surface area contributed by atoms with Gasteiger partial charge in [-0.2, -0.15) is 5.10 Å². The Morgan fingerprint density at radius 2 is 1.71 bits per heavy atom. The average molecular weight is 291 g/mol. The smallest absolute Gasteiger partial charge is 0.164 e. The Kier molecular flexibility index (Phi) is 4.70. The molecule has 0 radical (unpaired) electrons. The lowest BCUT2D eigenvalue weighted by Crippen LogP contribution is -2.14. The molecular weight excluding hydrogens is 270 g/mol. The van der Waals surface area contributed by atoms with Crippen molar-refractivity contribution in [3.8, 4) is 17.2 Å². The second kappa shape index (κ2) is 6.49. The maximum Gasteiger partial charge on any atom is 0.164 e. The molecule has 0 saturated carbocycles.